The summed E-state index contributed by atoms with van der Waals surface area (Å²) in [6, 6.07) is 10.5. The SMILES string of the molecule is CN(C)Cc1nc(Nc2ccc(-c3cnc4cc(F)ccn34)c3c2C(=O)NC3)ccc1N1CCC(O)(COCCCCC(=O)O)CC1. The van der Waals surface area contributed by atoms with Crippen molar-refractivity contribution in [3.05, 3.63) is 71.4 Å². The number of amides is 1. The van der Waals surface area contributed by atoms with Gasteiger partial charge in [0.2, 0.25) is 0 Å². The normalized spacial score (nSPS) is 15.7. The van der Waals surface area contributed by atoms with E-state index in [1.165, 1.54) is 12.1 Å². The molecule has 1 saturated heterocycles. The van der Waals surface area contributed by atoms with Crippen LogP contribution in [-0.4, -0.2) is 87.4 Å². The molecule has 6 rings (SSSR count). The van der Waals surface area contributed by atoms with Crippen molar-refractivity contribution in [2.45, 2.75) is 50.8 Å². The number of benzene rings is 1. The number of hydrogen-bond donors (Lipinski definition) is 4. The van der Waals surface area contributed by atoms with E-state index in [9.17, 15) is 19.1 Å². The summed E-state index contributed by atoms with van der Waals surface area (Å²) < 4.78 is 21.3. The lowest BCUT2D eigenvalue weighted by Gasteiger charge is -2.39. The average molecular weight is 646 g/mol. The predicted octanol–water partition coefficient (Wildman–Crippen LogP) is 4.19. The Morgan fingerprint density at radius 1 is 1.17 bits per heavy atom. The molecule has 47 heavy (non-hydrogen) atoms. The first-order valence-corrected chi connectivity index (χ1v) is 15.9. The molecular weight excluding hydrogens is 605 g/mol. The summed E-state index contributed by atoms with van der Waals surface area (Å²) >= 11 is 0. The molecule has 0 unspecified atom stereocenters. The van der Waals surface area contributed by atoms with Crippen LogP contribution in [0.2, 0.25) is 0 Å². The van der Waals surface area contributed by atoms with Crippen molar-refractivity contribution in [1.82, 2.24) is 24.6 Å². The van der Waals surface area contributed by atoms with Gasteiger partial charge in [0.25, 0.3) is 5.91 Å². The Balaban J connectivity index is 1.17. The highest BCUT2D eigenvalue weighted by molar-refractivity contribution is 6.06. The van der Waals surface area contributed by atoms with Crippen molar-refractivity contribution >= 4 is 34.7 Å². The Morgan fingerprint density at radius 3 is 2.74 bits per heavy atom. The quantitative estimate of drug-likeness (QED) is 0.156. The number of carboxylic acids is 1. The van der Waals surface area contributed by atoms with Gasteiger partial charge in [-0.05, 0) is 69.6 Å². The zero-order valence-corrected chi connectivity index (χ0v) is 26.6. The fourth-order valence-corrected chi connectivity index (χ4v) is 6.30. The zero-order chi connectivity index (χ0) is 33.1. The molecule has 4 aromatic rings. The third kappa shape index (κ3) is 7.22. The molecule has 3 aromatic heterocycles. The predicted molar refractivity (Wildman–Crippen MR) is 175 cm³/mol. The number of nitrogens with zero attached hydrogens (tertiary/aromatic N) is 5. The molecule has 0 saturated carbocycles. The molecule has 2 aliphatic rings. The largest absolute Gasteiger partial charge is 0.481 e. The van der Waals surface area contributed by atoms with E-state index in [1.54, 1.807) is 12.4 Å². The molecule has 0 aliphatic carbocycles. The molecule has 2 aliphatic heterocycles. The van der Waals surface area contributed by atoms with Crippen molar-refractivity contribution in [3.63, 3.8) is 0 Å². The highest BCUT2D eigenvalue weighted by Crippen LogP contribution is 2.36. The van der Waals surface area contributed by atoms with E-state index in [0.717, 1.165) is 28.2 Å². The fraction of sp³-hybridized carbons (Fsp3) is 0.412. The number of piperidine rings is 1. The van der Waals surface area contributed by atoms with Crippen LogP contribution in [0.1, 0.15) is 53.7 Å². The van der Waals surface area contributed by atoms with Gasteiger partial charge in [0.05, 0.1) is 46.7 Å². The van der Waals surface area contributed by atoms with Gasteiger partial charge in [-0.2, -0.15) is 0 Å². The van der Waals surface area contributed by atoms with E-state index in [2.05, 4.69) is 25.4 Å². The molecule has 0 spiro atoms. The summed E-state index contributed by atoms with van der Waals surface area (Å²) in [6.07, 6.45) is 5.73. The number of hydrogen-bond acceptors (Lipinski definition) is 9. The summed E-state index contributed by atoms with van der Waals surface area (Å²) in [5.41, 5.74) is 5.05. The Labute approximate surface area is 272 Å². The second-order valence-electron chi connectivity index (χ2n) is 12.6. The van der Waals surface area contributed by atoms with E-state index < -0.39 is 11.6 Å². The van der Waals surface area contributed by atoms with Crippen LogP contribution in [0, 0.1) is 5.82 Å². The number of nitrogens with one attached hydrogen (secondary N) is 2. The topological polar surface area (TPSA) is 145 Å². The summed E-state index contributed by atoms with van der Waals surface area (Å²) in [6.45, 7) is 2.89. The minimum Gasteiger partial charge on any atom is -0.481 e. The van der Waals surface area contributed by atoms with Crippen molar-refractivity contribution in [3.8, 4) is 11.3 Å². The van der Waals surface area contributed by atoms with Crippen LogP contribution < -0.4 is 15.5 Å². The minimum atomic E-state index is -0.924. The van der Waals surface area contributed by atoms with E-state index in [4.69, 9.17) is 14.8 Å². The standard InChI is InChI=1S/C34H40FN7O5/c1-40(2)20-26-27(41-14-11-34(46,12-15-41)21-47-16-4-3-5-31(43)44)8-9-29(39-26)38-25-7-6-23(24-18-37-33(45)32(24)25)28-19-36-30-17-22(35)10-13-42(28)30/h6-10,13,17,19,46H,3-5,11-12,14-16,18,20-21H2,1-2H3,(H,37,45)(H,38,39)(H,43,44). The molecule has 13 heteroatoms. The molecule has 0 atom stereocenters. The number of rotatable bonds is 13. The van der Waals surface area contributed by atoms with Gasteiger partial charge in [0, 0.05) is 57.0 Å². The van der Waals surface area contributed by atoms with Gasteiger partial charge in [-0.15, -0.1) is 0 Å². The van der Waals surface area contributed by atoms with Crippen molar-refractivity contribution in [1.29, 1.82) is 0 Å². The van der Waals surface area contributed by atoms with Crippen molar-refractivity contribution in [2.24, 2.45) is 0 Å². The number of aliphatic hydroxyl groups is 1. The Bertz CT molecular complexity index is 1780. The van der Waals surface area contributed by atoms with E-state index >= 15 is 0 Å². The Morgan fingerprint density at radius 2 is 1.98 bits per heavy atom. The van der Waals surface area contributed by atoms with Gasteiger partial charge in [-0.1, -0.05) is 6.07 Å². The van der Waals surface area contributed by atoms with Gasteiger partial charge in [0.1, 0.15) is 17.3 Å². The Kier molecular flexibility index (Phi) is 9.39. The number of imidazole rings is 1. The van der Waals surface area contributed by atoms with Gasteiger partial charge in [-0.3, -0.25) is 14.0 Å². The third-order valence-corrected chi connectivity index (χ3v) is 8.73. The highest BCUT2D eigenvalue weighted by atomic mass is 19.1. The number of ether oxygens (including phenoxy) is 1. The second kappa shape index (κ2) is 13.6. The number of halogens is 1. The first-order valence-electron chi connectivity index (χ1n) is 15.9. The zero-order valence-electron chi connectivity index (χ0n) is 26.6. The maximum absolute atomic E-state index is 13.8. The minimum absolute atomic E-state index is 0.123. The molecule has 0 bridgehead atoms. The molecular formula is C34H40FN7O5. The third-order valence-electron chi connectivity index (χ3n) is 8.73. The number of anilines is 3. The number of carboxylic acid groups (broad SMARTS) is 1. The summed E-state index contributed by atoms with van der Waals surface area (Å²) in [4.78, 5) is 37.4. The van der Waals surface area contributed by atoms with Crippen LogP contribution in [0.15, 0.2) is 48.8 Å². The number of carbonyl (C=O) groups is 2. The van der Waals surface area contributed by atoms with Gasteiger partial charge < -0.3 is 35.4 Å². The molecule has 1 fully saturated rings. The molecule has 1 amide bonds. The van der Waals surface area contributed by atoms with Gasteiger partial charge in [0.15, 0.2) is 0 Å². The molecule has 5 heterocycles. The van der Waals surface area contributed by atoms with Crippen LogP contribution in [0.25, 0.3) is 16.9 Å². The van der Waals surface area contributed by atoms with Crippen molar-refractivity contribution in [2.75, 3.05) is 50.6 Å². The number of aromatic nitrogens is 3. The lowest BCUT2D eigenvalue weighted by Crippen LogP contribution is -2.47. The first kappa shape index (κ1) is 32.4. The molecule has 0 radical (unpaired) electrons. The maximum atomic E-state index is 13.8. The van der Waals surface area contributed by atoms with Crippen molar-refractivity contribution < 1.29 is 28.9 Å². The van der Waals surface area contributed by atoms with E-state index in [1.807, 2.05) is 42.8 Å². The summed E-state index contributed by atoms with van der Waals surface area (Å²) in [5.74, 6) is -0.749. The average Bonchev–Trinajstić information content (AvgIpc) is 3.63. The Hall–Kier alpha value is -4.59. The molecule has 12 nitrogen and oxygen atoms in total. The van der Waals surface area contributed by atoms with Crippen LogP contribution in [-0.2, 0) is 22.6 Å². The number of aliphatic carboxylic acids is 1. The first-order chi connectivity index (χ1) is 22.6. The lowest BCUT2D eigenvalue weighted by atomic mass is 9.92. The number of carbonyl (C=O) groups excluding carboxylic acids is 1. The van der Waals surface area contributed by atoms with Gasteiger partial charge in [-0.25, -0.2) is 14.4 Å². The molecule has 4 N–H and O–H groups in total. The smallest absolute Gasteiger partial charge is 0.303 e. The van der Waals surface area contributed by atoms with Crippen LogP contribution >= 0.6 is 0 Å². The fourth-order valence-electron chi connectivity index (χ4n) is 6.30. The lowest BCUT2D eigenvalue weighted by molar-refractivity contribution is -0.137. The maximum Gasteiger partial charge on any atom is 0.303 e. The monoisotopic (exact) mass is 645 g/mol. The van der Waals surface area contributed by atoms with E-state index in [-0.39, 0.29) is 24.8 Å². The number of pyridine rings is 2. The number of fused-ring (bicyclic) bond motifs is 2. The van der Waals surface area contributed by atoms with Gasteiger partial charge >= 0.3 is 5.97 Å². The van der Waals surface area contributed by atoms with E-state index in [0.29, 0.717) is 81.2 Å². The second-order valence-corrected chi connectivity index (χ2v) is 12.6. The molecule has 1 aromatic carbocycles. The summed E-state index contributed by atoms with van der Waals surface area (Å²) in [5, 5.41) is 26.2. The van der Waals surface area contributed by atoms with Crippen LogP contribution in [0.5, 0.6) is 0 Å². The highest BCUT2D eigenvalue weighted by Gasteiger charge is 2.34. The summed E-state index contributed by atoms with van der Waals surface area (Å²) in [7, 11) is 3.97. The molecule has 248 valence electrons. The van der Waals surface area contributed by atoms with Crippen LogP contribution in [0.4, 0.5) is 21.6 Å². The number of unbranched alkanes of at least 4 members (excludes halogenated alkanes) is 1. The van der Waals surface area contributed by atoms with Crippen LogP contribution in [0.3, 0.4) is 0 Å².